The third kappa shape index (κ3) is 1.90. The monoisotopic (exact) mass is 244 g/mol. The van der Waals surface area contributed by atoms with E-state index in [1.54, 1.807) is 0 Å². The van der Waals surface area contributed by atoms with Crippen LogP contribution < -0.4 is 11.5 Å². The molecule has 0 saturated heterocycles. The molecule has 0 aromatic heterocycles. The zero-order chi connectivity index (χ0) is 13.2. The van der Waals surface area contributed by atoms with E-state index in [2.05, 4.69) is 50.3 Å². The molecule has 0 saturated carbocycles. The molecule has 2 atom stereocenters. The van der Waals surface area contributed by atoms with Gasteiger partial charge >= 0.3 is 0 Å². The van der Waals surface area contributed by atoms with E-state index < -0.39 is 0 Å². The van der Waals surface area contributed by atoms with Crippen LogP contribution in [0.4, 0.5) is 0 Å². The minimum Gasteiger partial charge on any atom is -0.399 e. The molecule has 0 aromatic rings. The predicted octanol–water partition coefficient (Wildman–Crippen LogP) is 3.38. The van der Waals surface area contributed by atoms with E-state index in [4.69, 9.17) is 11.5 Å². The first-order valence-electron chi connectivity index (χ1n) is 6.87. The lowest BCUT2D eigenvalue weighted by Gasteiger charge is -2.49. The first-order valence-corrected chi connectivity index (χ1v) is 6.87. The van der Waals surface area contributed by atoms with Crippen molar-refractivity contribution in [2.24, 2.45) is 22.3 Å². The van der Waals surface area contributed by atoms with Gasteiger partial charge in [0.05, 0.1) is 0 Å². The van der Waals surface area contributed by atoms with Gasteiger partial charge in [-0.15, -0.1) is 0 Å². The fourth-order valence-electron chi connectivity index (χ4n) is 3.35. The number of rotatable bonds is 3. The van der Waals surface area contributed by atoms with Crippen LogP contribution in [0.5, 0.6) is 0 Å². The lowest BCUT2D eigenvalue weighted by atomic mass is 9.55. The molecule has 2 aliphatic carbocycles. The predicted molar refractivity (Wildman–Crippen MR) is 77.5 cm³/mol. The smallest absolute Gasteiger partial charge is 0.0270 e. The van der Waals surface area contributed by atoms with Crippen LogP contribution in [0.15, 0.2) is 47.9 Å². The Hall–Kier alpha value is -1.44. The van der Waals surface area contributed by atoms with Crippen LogP contribution in [0.1, 0.15) is 39.5 Å². The lowest BCUT2D eigenvalue weighted by molar-refractivity contribution is 0.125. The highest BCUT2D eigenvalue weighted by molar-refractivity contribution is 5.33. The van der Waals surface area contributed by atoms with Crippen LogP contribution in [-0.4, -0.2) is 0 Å². The average Bonchev–Trinajstić information content (AvgIpc) is 2.41. The normalized spacial score (nSPS) is 35.2. The Morgan fingerprint density at radius 2 is 1.28 bits per heavy atom. The van der Waals surface area contributed by atoms with Gasteiger partial charge in [-0.25, -0.2) is 0 Å². The molecule has 2 heteroatoms. The average molecular weight is 244 g/mol. The second kappa shape index (κ2) is 4.68. The van der Waals surface area contributed by atoms with Crippen molar-refractivity contribution in [2.75, 3.05) is 0 Å². The fourth-order valence-corrected chi connectivity index (χ4v) is 3.35. The van der Waals surface area contributed by atoms with Crippen molar-refractivity contribution < 1.29 is 0 Å². The molecule has 0 fully saturated rings. The maximum Gasteiger partial charge on any atom is 0.0270 e. The number of hydrogen-bond acceptors (Lipinski definition) is 2. The van der Waals surface area contributed by atoms with Crippen LogP contribution in [0.2, 0.25) is 0 Å². The van der Waals surface area contributed by atoms with Gasteiger partial charge in [-0.2, -0.15) is 0 Å². The number of hydrogen-bond donors (Lipinski definition) is 2. The van der Waals surface area contributed by atoms with Gasteiger partial charge in [-0.1, -0.05) is 38.2 Å². The molecule has 2 rings (SSSR count). The molecule has 2 unspecified atom stereocenters. The molecule has 4 N–H and O–H groups in total. The van der Waals surface area contributed by atoms with E-state index in [9.17, 15) is 0 Å². The van der Waals surface area contributed by atoms with E-state index in [1.165, 1.54) is 0 Å². The molecule has 0 aliphatic heterocycles. The Kier molecular flexibility index (Phi) is 3.38. The zero-order valence-corrected chi connectivity index (χ0v) is 11.4. The van der Waals surface area contributed by atoms with Gasteiger partial charge in [0.25, 0.3) is 0 Å². The van der Waals surface area contributed by atoms with E-state index >= 15 is 0 Å². The van der Waals surface area contributed by atoms with Gasteiger partial charge in [-0.05, 0) is 37.8 Å². The molecule has 0 bridgehead atoms. The minimum absolute atomic E-state index is 0.179. The highest BCUT2D eigenvalue weighted by Crippen LogP contribution is 2.54. The quantitative estimate of drug-likeness (QED) is 0.799. The summed E-state index contributed by atoms with van der Waals surface area (Å²) < 4.78 is 0. The second-order valence-corrected chi connectivity index (χ2v) is 5.50. The van der Waals surface area contributed by atoms with Crippen LogP contribution >= 0.6 is 0 Å². The van der Waals surface area contributed by atoms with Gasteiger partial charge in [0.1, 0.15) is 0 Å². The Labute approximate surface area is 110 Å². The zero-order valence-electron chi connectivity index (χ0n) is 11.4. The van der Waals surface area contributed by atoms with E-state index in [0.717, 1.165) is 37.1 Å². The summed E-state index contributed by atoms with van der Waals surface area (Å²) in [5.74, 6) is 0. The van der Waals surface area contributed by atoms with Crippen LogP contribution in [-0.2, 0) is 0 Å². The van der Waals surface area contributed by atoms with Crippen LogP contribution in [0.25, 0.3) is 0 Å². The highest BCUT2D eigenvalue weighted by Gasteiger charge is 2.45. The molecular weight excluding hydrogens is 220 g/mol. The van der Waals surface area contributed by atoms with Gasteiger partial charge in [0, 0.05) is 22.2 Å². The van der Waals surface area contributed by atoms with Crippen LogP contribution in [0, 0.1) is 10.8 Å². The molecule has 0 amide bonds. The summed E-state index contributed by atoms with van der Waals surface area (Å²) in [5.41, 5.74) is 13.9. The molecule has 0 aromatic carbocycles. The van der Waals surface area contributed by atoms with Crippen molar-refractivity contribution in [2.45, 2.75) is 39.5 Å². The molecular formula is C16H24N2. The number of nitrogens with two attached hydrogens (primary N) is 2. The Balaban J connectivity index is 2.38. The summed E-state index contributed by atoms with van der Waals surface area (Å²) in [7, 11) is 0. The van der Waals surface area contributed by atoms with Crippen molar-refractivity contribution in [3.05, 3.63) is 47.9 Å². The molecule has 18 heavy (non-hydrogen) atoms. The van der Waals surface area contributed by atoms with Crippen molar-refractivity contribution >= 4 is 0 Å². The van der Waals surface area contributed by atoms with E-state index in [1.807, 2.05) is 0 Å². The standard InChI is InChI=1S/C16H24N2/c1-3-15(9-5-13(17)6-10-15)16(4-2)11-7-14(18)8-12-16/h5-9,11H,3-4,10,12,17-18H2,1-2H3. The summed E-state index contributed by atoms with van der Waals surface area (Å²) >= 11 is 0. The first-order chi connectivity index (χ1) is 8.57. The fraction of sp³-hybridized carbons (Fsp3) is 0.500. The summed E-state index contributed by atoms with van der Waals surface area (Å²) in [6.45, 7) is 4.54. The Morgan fingerprint density at radius 3 is 1.50 bits per heavy atom. The van der Waals surface area contributed by atoms with Crippen molar-refractivity contribution in [1.29, 1.82) is 0 Å². The largest absolute Gasteiger partial charge is 0.399 e. The Bertz CT molecular complexity index is 400. The van der Waals surface area contributed by atoms with Gasteiger partial charge < -0.3 is 11.5 Å². The SMILES string of the molecule is CCC1(C2(CC)C=CC(N)=CC2)C=CC(N)=CC1. The summed E-state index contributed by atoms with van der Waals surface area (Å²) in [6.07, 6.45) is 17.4. The highest BCUT2D eigenvalue weighted by atomic mass is 14.6. The summed E-state index contributed by atoms with van der Waals surface area (Å²) in [5, 5.41) is 0. The van der Waals surface area contributed by atoms with Crippen LogP contribution in [0.3, 0.4) is 0 Å². The maximum absolute atomic E-state index is 5.87. The topological polar surface area (TPSA) is 52.0 Å². The third-order valence-electron chi connectivity index (χ3n) is 4.85. The minimum atomic E-state index is 0.179. The lowest BCUT2D eigenvalue weighted by Crippen LogP contribution is -2.40. The Morgan fingerprint density at radius 1 is 0.889 bits per heavy atom. The van der Waals surface area contributed by atoms with Crippen molar-refractivity contribution in [3.63, 3.8) is 0 Å². The second-order valence-electron chi connectivity index (χ2n) is 5.50. The van der Waals surface area contributed by atoms with E-state index in [0.29, 0.717) is 0 Å². The molecule has 2 aliphatic rings. The first kappa shape index (κ1) is 13.0. The van der Waals surface area contributed by atoms with Gasteiger partial charge in [0.15, 0.2) is 0 Å². The molecule has 2 nitrogen and oxygen atoms in total. The molecule has 0 heterocycles. The van der Waals surface area contributed by atoms with Gasteiger partial charge in [0.2, 0.25) is 0 Å². The molecule has 0 spiro atoms. The third-order valence-corrected chi connectivity index (χ3v) is 4.85. The van der Waals surface area contributed by atoms with Gasteiger partial charge in [-0.3, -0.25) is 0 Å². The molecule has 0 radical (unpaired) electrons. The van der Waals surface area contributed by atoms with Crippen molar-refractivity contribution in [3.8, 4) is 0 Å². The van der Waals surface area contributed by atoms with E-state index in [-0.39, 0.29) is 10.8 Å². The maximum atomic E-state index is 5.87. The number of allylic oxidation sites excluding steroid dienone is 6. The summed E-state index contributed by atoms with van der Waals surface area (Å²) in [6, 6.07) is 0. The summed E-state index contributed by atoms with van der Waals surface area (Å²) in [4.78, 5) is 0. The molecule has 98 valence electrons. The van der Waals surface area contributed by atoms with Crippen molar-refractivity contribution in [1.82, 2.24) is 0 Å².